The molecule has 8 rings (SSSR count). The van der Waals surface area contributed by atoms with E-state index in [1.54, 1.807) is 0 Å². The molecule has 0 radical (unpaired) electrons. The van der Waals surface area contributed by atoms with Gasteiger partial charge in [-0.25, -0.2) is 15.1 Å². The number of pyridine rings is 2. The van der Waals surface area contributed by atoms with Crippen LogP contribution in [0.25, 0.3) is 61.0 Å². The number of hydrogen-bond donors (Lipinski definition) is 0. The Bertz CT molecular complexity index is 2400. The van der Waals surface area contributed by atoms with Gasteiger partial charge in [0.15, 0.2) is 0 Å². The van der Waals surface area contributed by atoms with Gasteiger partial charge in [0, 0.05) is 29.6 Å². The van der Waals surface area contributed by atoms with Crippen LogP contribution in [-0.2, 0) is 26.5 Å². The minimum absolute atomic E-state index is 0. The van der Waals surface area contributed by atoms with Gasteiger partial charge in [-0.3, -0.25) is 0 Å². The number of ether oxygens (including phenoxy) is 1. The average Bonchev–Trinajstić information content (AvgIpc) is 3.41. The molecule has 7 heteroatoms. The summed E-state index contributed by atoms with van der Waals surface area (Å²) in [7, 11) is 0. The molecule has 0 saturated carbocycles. The van der Waals surface area contributed by atoms with Crippen molar-refractivity contribution in [2.75, 3.05) is 0 Å². The summed E-state index contributed by atoms with van der Waals surface area (Å²) in [6.07, 6.45) is 3.67. The largest absolute Gasteiger partial charge is 2.00 e. The summed E-state index contributed by atoms with van der Waals surface area (Å²) in [4.78, 5) is 9.52. The van der Waals surface area contributed by atoms with Crippen LogP contribution in [-0.4, -0.2) is 24.7 Å². The van der Waals surface area contributed by atoms with Crippen molar-refractivity contribution < 1.29 is 25.8 Å². The van der Waals surface area contributed by atoms with Gasteiger partial charge in [-0.1, -0.05) is 105 Å². The molecule has 4 aromatic heterocycles. The van der Waals surface area contributed by atoms with Crippen molar-refractivity contribution >= 4 is 32.8 Å². The van der Waals surface area contributed by atoms with Gasteiger partial charge in [-0.05, 0) is 51.6 Å². The molecule has 0 atom stereocenters. The van der Waals surface area contributed by atoms with Crippen LogP contribution in [0.4, 0.5) is 0 Å². The standard InChI is InChI=1S/C40H29N5O.Pt/c1-40(2,3)30-17-19-41-38(24-30)45-37-25-31(15-16-33(37)34-13-9-18-42-39(34)45)46-32-21-28(26-10-5-4-6-11-26)20-29(22-32)36-23-27-12-7-8-14-35(27)43-44-36;/h4-21,23-24H,1-3H3;/q-2;+2. The summed E-state index contributed by atoms with van der Waals surface area (Å²) in [6.45, 7) is 6.60. The fraction of sp³-hybridized carbons (Fsp3) is 0.100. The maximum absolute atomic E-state index is 6.55. The Kier molecular flexibility index (Phi) is 7.91. The molecule has 0 unspecified atom stereocenters. The minimum atomic E-state index is -0.0331. The van der Waals surface area contributed by atoms with E-state index in [0.29, 0.717) is 11.5 Å². The second-order valence-corrected chi connectivity index (χ2v) is 12.4. The zero-order valence-electron chi connectivity index (χ0n) is 26.0. The zero-order valence-corrected chi connectivity index (χ0v) is 28.3. The molecule has 0 aliphatic heterocycles. The number of benzene rings is 4. The minimum Gasteiger partial charge on any atom is -0.503 e. The maximum Gasteiger partial charge on any atom is 2.00 e. The van der Waals surface area contributed by atoms with E-state index in [1.807, 2.05) is 79.1 Å². The van der Waals surface area contributed by atoms with Crippen molar-refractivity contribution in [3.05, 3.63) is 139 Å². The molecule has 0 N–H and O–H groups in total. The molecule has 0 spiro atoms. The van der Waals surface area contributed by atoms with Gasteiger partial charge in [0.1, 0.15) is 11.5 Å². The van der Waals surface area contributed by atoms with E-state index in [4.69, 9.17) is 14.7 Å². The van der Waals surface area contributed by atoms with Crippen molar-refractivity contribution in [2.24, 2.45) is 0 Å². The first-order valence-corrected chi connectivity index (χ1v) is 15.2. The quantitative estimate of drug-likeness (QED) is 0.163. The van der Waals surface area contributed by atoms with Crippen LogP contribution in [0, 0.1) is 12.1 Å². The number of rotatable bonds is 5. The van der Waals surface area contributed by atoms with Gasteiger partial charge >= 0.3 is 21.1 Å². The summed E-state index contributed by atoms with van der Waals surface area (Å²) < 4.78 is 8.61. The van der Waals surface area contributed by atoms with Gasteiger partial charge in [0.25, 0.3) is 0 Å². The summed E-state index contributed by atoms with van der Waals surface area (Å²) >= 11 is 0. The smallest absolute Gasteiger partial charge is 0.503 e. The van der Waals surface area contributed by atoms with Crippen LogP contribution in [0.2, 0.25) is 0 Å². The van der Waals surface area contributed by atoms with E-state index < -0.39 is 0 Å². The molecule has 4 heterocycles. The Labute approximate surface area is 287 Å². The summed E-state index contributed by atoms with van der Waals surface area (Å²) in [5.41, 5.74) is 7.21. The Morgan fingerprint density at radius 3 is 2.34 bits per heavy atom. The van der Waals surface area contributed by atoms with Crippen LogP contribution in [0.1, 0.15) is 26.3 Å². The molecule has 4 aromatic carbocycles. The van der Waals surface area contributed by atoms with Crippen LogP contribution >= 0.6 is 0 Å². The van der Waals surface area contributed by atoms with Crippen molar-refractivity contribution in [2.45, 2.75) is 26.2 Å². The zero-order chi connectivity index (χ0) is 31.3. The molecule has 230 valence electrons. The summed E-state index contributed by atoms with van der Waals surface area (Å²) in [6, 6.07) is 43.5. The van der Waals surface area contributed by atoms with E-state index in [9.17, 15) is 0 Å². The van der Waals surface area contributed by atoms with Crippen LogP contribution in [0.15, 0.2) is 122 Å². The van der Waals surface area contributed by atoms with E-state index in [1.165, 1.54) is 5.56 Å². The Morgan fingerprint density at radius 2 is 1.49 bits per heavy atom. The third-order valence-corrected chi connectivity index (χ3v) is 8.19. The first kappa shape index (κ1) is 30.5. The molecule has 0 amide bonds. The second-order valence-electron chi connectivity index (χ2n) is 12.4. The first-order valence-electron chi connectivity index (χ1n) is 15.2. The summed E-state index contributed by atoms with van der Waals surface area (Å²) in [5.74, 6) is 1.89. The van der Waals surface area contributed by atoms with Gasteiger partial charge in [0.2, 0.25) is 0 Å². The molecule has 6 nitrogen and oxygen atoms in total. The van der Waals surface area contributed by atoms with Gasteiger partial charge < -0.3 is 9.30 Å². The molecule has 0 fully saturated rings. The third kappa shape index (κ3) is 5.81. The first-order chi connectivity index (χ1) is 22.4. The number of nitrogens with zero attached hydrogens (tertiary/aromatic N) is 5. The number of fused-ring (bicyclic) bond motifs is 4. The molecular formula is C40H29N5OPt. The molecule has 0 aliphatic rings. The fourth-order valence-corrected chi connectivity index (χ4v) is 5.81. The van der Waals surface area contributed by atoms with Crippen molar-refractivity contribution in [1.82, 2.24) is 24.7 Å². The van der Waals surface area contributed by atoms with Crippen molar-refractivity contribution in [1.29, 1.82) is 0 Å². The van der Waals surface area contributed by atoms with E-state index >= 15 is 0 Å². The van der Waals surface area contributed by atoms with E-state index in [2.05, 4.69) is 90.1 Å². The van der Waals surface area contributed by atoms with Crippen molar-refractivity contribution in [3.8, 4) is 39.7 Å². The van der Waals surface area contributed by atoms with Gasteiger partial charge in [-0.15, -0.1) is 29.1 Å². The Hall–Kier alpha value is -5.19. The van der Waals surface area contributed by atoms with Gasteiger partial charge in [0.05, 0.1) is 5.52 Å². The van der Waals surface area contributed by atoms with Crippen LogP contribution < -0.4 is 4.74 Å². The molecule has 0 saturated heterocycles. The molecule has 47 heavy (non-hydrogen) atoms. The maximum atomic E-state index is 6.55. The van der Waals surface area contributed by atoms with Crippen LogP contribution in [0.5, 0.6) is 11.5 Å². The third-order valence-electron chi connectivity index (χ3n) is 8.19. The normalized spacial score (nSPS) is 11.6. The number of hydrogen-bond acceptors (Lipinski definition) is 5. The SMILES string of the molecule is CC(C)(C)c1ccnc(-n2c3[c-]c(Oc4[c-]c(-c5cc6ccccc6nn5)cc(-c5ccccc5)c4)ccc3c3cccnc32)c1.[Pt+2]. The Balaban J connectivity index is 0.00000351. The summed E-state index contributed by atoms with van der Waals surface area (Å²) in [5, 5.41) is 12.0. The van der Waals surface area contributed by atoms with E-state index in [-0.39, 0.29) is 26.5 Å². The monoisotopic (exact) mass is 790 g/mol. The topological polar surface area (TPSA) is 65.7 Å². The van der Waals surface area contributed by atoms with E-state index in [0.717, 1.165) is 61.0 Å². The van der Waals surface area contributed by atoms with Crippen LogP contribution in [0.3, 0.4) is 0 Å². The average molecular weight is 791 g/mol. The van der Waals surface area contributed by atoms with Gasteiger partial charge in [-0.2, -0.15) is 11.2 Å². The molecule has 8 aromatic rings. The predicted molar refractivity (Wildman–Crippen MR) is 183 cm³/mol. The van der Waals surface area contributed by atoms with Crippen molar-refractivity contribution in [3.63, 3.8) is 0 Å². The second kappa shape index (κ2) is 12.2. The molecular weight excluding hydrogens is 762 g/mol. The fourth-order valence-electron chi connectivity index (χ4n) is 5.81. The molecule has 0 bridgehead atoms. The Morgan fingerprint density at radius 1 is 0.660 bits per heavy atom. The number of aromatic nitrogens is 5. The molecule has 0 aliphatic carbocycles. The predicted octanol–water partition coefficient (Wildman–Crippen LogP) is 9.54.